The number of quaternary nitrogens is 1. The maximum atomic E-state index is 9.18. The molecular weight excluding hydrogens is 194 g/mol. The Morgan fingerprint density at radius 2 is 1.80 bits per heavy atom. The van der Waals surface area contributed by atoms with Gasteiger partial charge < -0.3 is 26.6 Å². The fraction of sp³-hybridized carbons (Fsp3) is 1.00. The van der Waals surface area contributed by atoms with Gasteiger partial charge in [0.05, 0.1) is 20.6 Å². The highest BCUT2D eigenvalue weighted by Crippen LogP contribution is 2.03. The molecule has 0 saturated carbocycles. The molecule has 0 rings (SSSR count). The minimum Gasteiger partial charge on any atom is -1.00 e. The van der Waals surface area contributed by atoms with E-state index in [4.69, 9.17) is 0 Å². The van der Waals surface area contributed by atoms with Gasteiger partial charge in [0.2, 0.25) is 0 Å². The molecule has 0 aromatic rings. The van der Waals surface area contributed by atoms with E-state index in [1.54, 1.807) is 0 Å². The Hall–Kier alpha value is 0.400. The van der Waals surface area contributed by atoms with Crippen LogP contribution in [0.1, 0.15) is 20.3 Å². The molecule has 0 aliphatic carbocycles. The number of nitrogens with zero attached hydrogens (tertiary/aromatic N) is 1. The Bertz CT molecular complexity index is 83.7. The fourth-order valence-corrected chi connectivity index (χ4v) is 0.763. The maximum absolute atomic E-state index is 9.18. The van der Waals surface area contributed by atoms with Gasteiger partial charge in [-0.1, -0.05) is 6.92 Å². The molecule has 1 N–H and O–H groups in total. The van der Waals surface area contributed by atoms with Crippen LogP contribution in [-0.4, -0.2) is 36.5 Å². The van der Waals surface area contributed by atoms with Gasteiger partial charge in [0, 0.05) is 6.92 Å². The average Bonchev–Trinajstić information content (AvgIpc) is 1.65. The molecule has 2 nitrogen and oxygen atoms in total. The van der Waals surface area contributed by atoms with Crippen molar-refractivity contribution >= 4 is 0 Å². The standard InChI is InChI=1S/C7H18NO.BrH/c1-5-6-8(3,4)7(2)9;/h7,9H,5-6H2,1-4H3;1H/q+1;/p-1. The van der Waals surface area contributed by atoms with Crippen LogP contribution >= 0.6 is 0 Å². The lowest BCUT2D eigenvalue weighted by Crippen LogP contribution is -3.00. The Balaban J connectivity index is 0. The third-order valence-corrected chi connectivity index (χ3v) is 1.81. The summed E-state index contributed by atoms with van der Waals surface area (Å²) < 4.78 is 0.705. The molecule has 0 bridgehead atoms. The van der Waals surface area contributed by atoms with Crippen LogP contribution < -0.4 is 17.0 Å². The molecular formula is C7H18BrNO. The highest BCUT2D eigenvalue weighted by Gasteiger charge is 2.18. The van der Waals surface area contributed by atoms with Crippen molar-refractivity contribution in [2.24, 2.45) is 0 Å². The fourth-order valence-electron chi connectivity index (χ4n) is 0.763. The number of aliphatic hydroxyl groups excluding tert-OH is 1. The molecule has 0 radical (unpaired) electrons. The lowest BCUT2D eigenvalue weighted by atomic mass is 10.3. The average molecular weight is 212 g/mol. The highest BCUT2D eigenvalue weighted by molar-refractivity contribution is 4.30. The summed E-state index contributed by atoms with van der Waals surface area (Å²) in [5.41, 5.74) is 0. The Morgan fingerprint density at radius 1 is 1.40 bits per heavy atom. The molecule has 64 valence electrons. The van der Waals surface area contributed by atoms with E-state index in [-0.39, 0.29) is 23.2 Å². The summed E-state index contributed by atoms with van der Waals surface area (Å²) in [5.74, 6) is 0. The van der Waals surface area contributed by atoms with Crippen molar-refractivity contribution < 1.29 is 26.6 Å². The van der Waals surface area contributed by atoms with Crippen molar-refractivity contribution in [3.63, 3.8) is 0 Å². The van der Waals surface area contributed by atoms with Crippen molar-refractivity contribution in [2.45, 2.75) is 26.5 Å². The summed E-state index contributed by atoms with van der Waals surface area (Å²) in [4.78, 5) is 0. The number of halogens is 1. The Kier molecular flexibility index (Phi) is 6.65. The van der Waals surface area contributed by atoms with Crippen LogP contribution in [-0.2, 0) is 0 Å². The minimum absolute atomic E-state index is 0. The van der Waals surface area contributed by atoms with Crippen LogP contribution in [0.15, 0.2) is 0 Å². The first kappa shape index (κ1) is 13.0. The van der Waals surface area contributed by atoms with Gasteiger partial charge in [0.1, 0.15) is 0 Å². The zero-order valence-electron chi connectivity index (χ0n) is 7.26. The molecule has 1 unspecified atom stereocenters. The molecule has 0 heterocycles. The zero-order chi connectivity index (χ0) is 7.49. The van der Waals surface area contributed by atoms with Crippen molar-refractivity contribution in [2.75, 3.05) is 20.6 Å². The van der Waals surface area contributed by atoms with E-state index in [1.807, 2.05) is 21.0 Å². The Morgan fingerprint density at radius 3 is 1.90 bits per heavy atom. The first-order chi connectivity index (χ1) is 4.00. The largest absolute Gasteiger partial charge is 1.00 e. The summed E-state index contributed by atoms with van der Waals surface area (Å²) in [6, 6.07) is 0. The maximum Gasteiger partial charge on any atom is 0.187 e. The van der Waals surface area contributed by atoms with Gasteiger partial charge >= 0.3 is 0 Å². The van der Waals surface area contributed by atoms with E-state index in [9.17, 15) is 5.11 Å². The summed E-state index contributed by atoms with van der Waals surface area (Å²) in [6.07, 6.45) is 0.878. The topological polar surface area (TPSA) is 20.2 Å². The second-order valence-corrected chi connectivity index (χ2v) is 3.13. The van der Waals surface area contributed by atoms with Gasteiger partial charge in [0.25, 0.3) is 0 Å². The van der Waals surface area contributed by atoms with Crippen LogP contribution in [0.3, 0.4) is 0 Å². The molecule has 0 fully saturated rings. The second-order valence-electron chi connectivity index (χ2n) is 3.13. The second kappa shape index (κ2) is 5.10. The van der Waals surface area contributed by atoms with Gasteiger partial charge in [-0.25, -0.2) is 0 Å². The lowest BCUT2D eigenvalue weighted by Gasteiger charge is -2.32. The van der Waals surface area contributed by atoms with E-state index in [0.29, 0.717) is 4.48 Å². The monoisotopic (exact) mass is 211 g/mol. The number of hydrogen-bond acceptors (Lipinski definition) is 1. The van der Waals surface area contributed by atoms with E-state index >= 15 is 0 Å². The van der Waals surface area contributed by atoms with Crippen molar-refractivity contribution in [1.29, 1.82) is 0 Å². The number of aliphatic hydroxyl groups is 1. The number of hydrogen-bond donors (Lipinski definition) is 1. The predicted octanol–water partition coefficient (Wildman–Crippen LogP) is -2.18. The molecule has 0 spiro atoms. The molecule has 0 aromatic heterocycles. The van der Waals surface area contributed by atoms with Crippen LogP contribution in [0.5, 0.6) is 0 Å². The molecule has 0 aliphatic heterocycles. The predicted molar refractivity (Wildman–Crippen MR) is 38.9 cm³/mol. The Labute approximate surface area is 74.2 Å². The first-order valence-electron chi connectivity index (χ1n) is 3.51. The van der Waals surface area contributed by atoms with Gasteiger partial charge in [0.15, 0.2) is 6.23 Å². The molecule has 0 aromatic carbocycles. The molecule has 1 atom stereocenters. The zero-order valence-corrected chi connectivity index (χ0v) is 8.85. The summed E-state index contributed by atoms with van der Waals surface area (Å²) in [5, 5.41) is 9.18. The molecule has 10 heavy (non-hydrogen) atoms. The lowest BCUT2D eigenvalue weighted by molar-refractivity contribution is -0.934. The first-order valence-corrected chi connectivity index (χ1v) is 3.51. The third kappa shape index (κ3) is 4.25. The van der Waals surface area contributed by atoms with E-state index < -0.39 is 0 Å². The van der Waals surface area contributed by atoms with Crippen molar-refractivity contribution in [3.05, 3.63) is 0 Å². The molecule has 0 amide bonds. The van der Waals surface area contributed by atoms with Crippen LogP contribution in [0.25, 0.3) is 0 Å². The molecule has 0 saturated heterocycles. The van der Waals surface area contributed by atoms with Gasteiger partial charge in [-0.15, -0.1) is 0 Å². The number of rotatable bonds is 3. The summed E-state index contributed by atoms with van der Waals surface area (Å²) >= 11 is 0. The van der Waals surface area contributed by atoms with Crippen molar-refractivity contribution in [1.82, 2.24) is 0 Å². The van der Waals surface area contributed by atoms with Crippen LogP contribution in [0.4, 0.5) is 0 Å². The van der Waals surface area contributed by atoms with Gasteiger partial charge in [-0.2, -0.15) is 0 Å². The van der Waals surface area contributed by atoms with Crippen molar-refractivity contribution in [3.8, 4) is 0 Å². The highest BCUT2D eigenvalue weighted by atomic mass is 79.9. The smallest absolute Gasteiger partial charge is 0.187 e. The summed E-state index contributed by atoms with van der Waals surface area (Å²) in [6.45, 7) is 5.00. The quantitative estimate of drug-likeness (QED) is 0.416. The van der Waals surface area contributed by atoms with E-state index in [2.05, 4.69) is 6.92 Å². The van der Waals surface area contributed by atoms with Crippen LogP contribution in [0, 0.1) is 0 Å². The van der Waals surface area contributed by atoms with E-state index in [0.717, 1.165) is 13.0 Å². The molecule has 0 aliphatic rings. The molecule has 3 heteroatoms. The normalized spacial score (nSPS) is 14.1. The van der Waals surface area contributed by atoms with E-state index in [1.165, 1.54) is 0 Å². The van der Waals surface area contributed by atoms with Gasteiger partial charge in [-0.05, 0) is 6.42 Å². The minimum atomic E-state index is -0.245. The third-order valence-electron chi connectivity index (χ3n) is 1.81. The van der Waals surface area contributed by atoms with Crippen LogP contribution in [0.2, 0.25) is 0 Å². The SMILES string of the molecule is CCC[N+](C)(C)C(C)O.[Br-]. The van der Waals surface area contributed by atoms with Gasteiger partial charge in [-0.3, -0.25) is 0 Å². The summed E-state index contributed by atoms with van der Waals surface area (Å²) in [7, 11) is 4.07.